The van der Waals surface area contributed by atoms with E-state index < -0.39 is 0 Å². The first-order chi connectivity index (χ1) is 7.24. The SMILES string of the molecule is CNC1CCCCC1n1cnc(C)c1C. The third-order valence-electron chi connectivity index (χ3n) is 3.74. The van der Waals surface area contributed by atoms with E-state index in [1.54, 1.807) is 0 Å². The van der Waals surface area contributed by atoms with Crippen molar-refractivity contribution < 1.29 is 0 Å². The molecule has 1 aromatic rings. The van der Waals surface area contributed by atoms with Crippen LogP contribution in [0.2, 0.25) is 0 Å². The summed E-state index contributed by atoms with van der Waals surface area (Å²) in [6.45, 7) is 4.26. The summed E-state index contributed by atoms with van der Waals surface area (Å²) in [5.74, 6) is 0. The molecule has 0 spiro atoms. The van der Waals surface area contributed by atoms with Crippen molar-refractivity contribution >= 4 is 0 Å². The van der Waals surface area contributed by atoms with Crippen molar-refractivity contribution in [2.24, 2.45) is 0 Å². The van der Waals surface area contributed by atoms with Crippen LogP contribution in [0.4, 0.5) is 0 Å². The molecule has 0 bridgehead atoms. The lowest BCUT2D eigenvalue weighted by Gasteiger charge is -2.33. The van der Waals surface area contributed by atoms with Crippen LogP contribution in [0.5, 0.6) is 0 Å². The van der Waals surface area contributed by atoms with Crippen LogP contribution < -0.4 is 5.32 Å². The number of hydrogen-bond acceptors (Lipinski definition) is 2. The first-order valence-corrected chi connectivity index (χ1v) is 5.91. The van der Waals surface area contributed by atoms with Gasteiger partial charge < -0.3 is 9.88 Å². The first-order valence-electron chi connectivity index (χ1n) is 5.91. The van der Waals surface area contributed by atoms with Crippen LogP contribution in [-0.2, 0) is 0 Å². The maximum atomic E-state index is 4.40. The summed E-state index contributed by atoms with van der Waals surface area (Å²) in [6.07, 6.45) is 7.28. The van der Waals surface area contributed by atoms with E-state index in [4.69, 9.17) is 0 Å². The fraction of sp³-hybridized carbons (Fsp3) is 0.750. The van der Waals surface area contributed by atoms with Gasteiger partial charge in [0.25, 0.3) is 0 Å². The van der Waals surface area contributed by atoms with Gasteiger partial charge in [0, 0.05) is 11.7 Å². The third kappa shape index (κ3) is 1.93. The zero-order valence-electron chi connectivity index (χ0n) is 9.95. The van der Waals surface area contributed by atoms with E-state index in [1.165, 1.54) is 31.4 Å². The zero-order chi connectivity index (χ0) is 10.8. The number of hydrogen-bond donors (Lipinski definition) is 1. The average molecular weight is 207 g/mol. The average Bonchev–Trinajstić information content (AvgIpc) is 2.60. The van der Waals surface area contributed by atoms with Crippen LogP contribution in [0.3, 0.4) is 0 Å². The smallest absolute Gasteiger partial charge is 0.0954 e. The van der Waals surface area contributed by atoms with Crippen molar-refractivity contribution in [1.29, 1.82) is 0 Å². The lowest BCUT2D eigenvalue weighted by molar-refractivity contribution is 0.271. The van der Waals surface area contributed by atoms with Gasteiger partial charge in [-0.25, -0.2) is 4.98 Å². The largest absolute Gasteiger partial charge is 0.330 e. The second kappa shape index (κ2) is 4.35. The van der Waals surface area contributed by atoms with Crippen molar-refractivity contribution in [3.8, 4) is 0 Å². The molecule has 2 rings (SSSR count). The highest BCUT2D eigenvalue weighted by Gasteiger charge is 2.26. The molecular formula is C12H21N3. The maximum Gasteiger partial charge on any atom is 0.0954 e. The number of aryl methyl sites for hydroxylation is 1. The van der Waals surface area contributed by atoms with Crippen molar-refractivity contribution in [3.63, 3.8) is 0 Å². The molecule has 1 aliphatic rings. The van der Waals surface area contributed by atoms with Gasteiger partial charge in [0.15, 0.2) is 0 Å². The van der Waals surface area contributed by atoms with Crippen LogP contribution in [0.1, 0.15) is 43.1 Å². The second-order valence-electron chi connectivity index (χ2n) is 4.57. The molecule has 0 aliphatic heterocycles. The molecule has 3 nitrogen and oxygen atoms in total. The minimum atomic E-state index is 0.602. The molecule has 3 heteroatoms. The molecule has 0 saturated heterocycles. The van der Waals surface area contributed by atoms with Crippen LogP contribution in [0, 0.1) is 13.8 Å². The Morgan fingerprint density at radius 2 is 2.07 bits per heavy atom. The lowest BCUT2D eigenvalue weighted by Crippen LogP contribution is -2.37. The molecule has 1 N–H and O–H groups in total. The Morgan fingerprint density at radius 1 is 1.33 bits per heavy atom. The molecule has 1 saturated carbocycles. The van der Waals surface area contributed by atoms with Gasteiger partial charge in [-0.05, 0) is 33.7 Å². The molecule has 1 aromatic heterocycles. The Balaban J connectivity index is 2.24. The Morgan fingerprint density at radius 3 is 2.67 bits per heavy atom. The van der Waals surface area contributed by atoms with Crippen LogP contribution in [-0.4, -0.2) is 22.6 Å². The molecule has 2 atom stereocenters. The first kappa shape index (κ1) is 10.7. The van der Waals surface area contributed by atoms with E-state index in [0.717, 1.165) is 5.69 Å². The molecule has 1 aliphatic carbocycles. The standard InChI is InChI=1S/C12H21N3/c1-9-10(2)15(8-14-9)12-7-5-4-6-11(12)13-3/h8,11-13H,4-7H2,1-3H3. The van der Waals surface area contributed by atoms with E-state index in [0.29, 0.717) is 12.1 Å². The fourth-order valence-electron chi connectivity index (χ4n) is 2.63. The van der Waals surface area contributed by atoms with E-state index in [9.17, 15) is 0 Å². The highest BCUT2D eigenvalue weighted by molar-refractivity contribution is 5.11. The molecule has 0 amide bonds. The summed E-state index contributed by atoms with van der Waals surface area (Å²) in [4.78, 5) is 4.40. The lowest BCUT2D eigenvalue weighted by atomic mass is 9.90. The Labute approximate surface area is 91.9 Å². The van der Waals surface area contributed by atoms with Gasteiger partial charge in [-0.2, -0.15) is 0 Å². The highest BCUT2D eigenvalue weighted by atomic mass is 15.1. The minimum absolute atomic E-state index is 0.602. The van der Waals surface area contributed by atoms with E-state index in [2.05, 4.69) is 35.8 Å². The van der Waals surface area contributed by atoms with Crippen LogP contribution in [0.15, 0.2) is 6.33 Å². The summed E-state index contributed by atoms with van der Waals surface area (Å²) in [5.41, 5.74) is 2.48. The van der Waals surface area contributed by atoms with Crippen molar-refractivity contribution in [2.75, 3.05) is 7.05 Å². The molecule has 0 aromatic carbocycles. The normalized spacial score (nSPS) is 26.9. The number of likely N-dealkylation sites (N-methyl/N-ethyl adjacent to an activating group) is 1. The predicted molar refractivity (Wildman–Crippen MR) is 62.1 cm³/mol. The summed E-state index contributed by atoms with van der Waals surface area (Å²) in [7, 11) is 2.07. The fourth-order valence-corrected chi connectivity index (χ4v) is 2.63. The molecule has 84 valence electrons. The van der Waals surface area contributed by atoms with Crippen LogP contribution in [0.25, 0.3) is 0 Å². The summed E-state index contributed by atoms with van der Waals surface area (Å²) < 4.78 is 2.36. The summed E-state index contributed by atoms with van der Waals surface area (Å²) in [6, 6.07) is 1.22. The van der Waals surface area contributed by atoms with Gasteiger partial charge in [0.1, 0.15) is 0 Å². The molecule has 1 fully saturated rings. The summed E-state index contributed by atoms with van der Waals surface area (Å²) in [5, 5.41) is 3.44. The number of rotatable bonds is 2. The van der Waals surface area contributed by atoms with Crippen molar-refractivity contribution in [1.82, 2.24) is 14.9 Å². The molecule has 0 radical (unpaired) electrons. The van der Waals surface area contributed by atoms with Gasteiger partial charge >= 0.3 is 0 Å². The van der Waals surface area contributed by atoms with E-state index in [-0.39, 0.29) is 0 Å². The van der Waals surface area contributed by atoms with Crippen molar-refractivity contribution in [3.05, 3.63) is 17.7 Å². The van der Waals surface area contributed by atoms with Gasteiger partial charge in [-0.15, -0.1) is 0 Å². The molecule has 15 heavy (non-hydrogen) atoms. The zero-order valence-corrected chi connectivity index (χ0v) is 9.95. The monoisotopic (exact) mass is 207 g/mol. The van der Waals surface area contributed by atoms with Crippen LogP contribution >= 0.6 is 0 Å². The Bertz CT molecular complexity index is 330. The molecule has 1 heterocycles. The van der Waals surface area contributed by atoms with Gasteiger partial charge in [-0.3, -0.25) is 0 Å². The number of imidazole rings is 1. The van der Waals surface area contributed by atoms with Gasteiger partial charge in [0.2, 0.25) is 0 Å². The molecular weight excluding hydrogens is 186 g/mol. The summed E-state index contributed by atoms with van der Waals surface area (Å²) >= 11 is 0. The van der Waals surface area contributed by atoms with E-state index >= 15 is 0 Å². The highest BCUT2D eigenvalue weighted by Crippen LogP contribution is 2.29. The number of nitrogens with zero attached hydrogens (tertiary/aromatic N) is 2. The Kier molecular flexibility index (Phi) is 3.10. The Hall–Kier alpha value is -0.830. The topological polar surface area (TPSA) is 29.9 Å². The quantitative estimate of drug-likeness (QED) is 0.805. The number of aromatic nitrogens is 2. The number of nitrogens with one attached hydrogen (secondary N) is 1. The van der Waals surface area contributed by atoms with E-state index in [1.807, 2.05) is 6.33 Å². The minimum Gasteiger partial charge on any atom is -0.330 e. The van der Waals surface area contributed by atoms with Gasteiger partial charge in [-0.1, -0.05) is 12.8 Å². The maximum absolute atomic E-state index is 4.40. The van der Waals surface area contributed by atoms with Crippen molar-refractivity contribution in [2.45, 2.75) is 51.6 Å². The van der Waals surface area contributed by atoms with Gasteiger partial charge in [0.05, 0.1) is 18.1 Å². The predicted octanol–water partition coefficient (Wildman–Crippen LogP) is 2.20. The third-order valence-corrected chi connectivity index (χ3v) is 3.74. The molecule has 2 unspecified atom stereocenters. The second-order valence-corrected chi connectivity index (χ2v) is 4.57.